The molecule has 0 amide bonds. The fourth-order valence-electron chi connectivity index (χ4n) is 2.49. The summed E-state index contributed by atoms with van der Waals surface area (Å²) in [5.41, 5.74) is -0.915. The van der Waals surface area contributed by atoms with Crippen molar-refractivity contribution in [2.24, 2.45) is 0 Å². The van der Waals surface area contributed by atoms with Crippen molar-refractivity contribution in [2.75, 3.05) is 6.61 Å². The average Bonchev–Trinajstić information content (AvgIpc) is 2.57. The van der Waals surface area contributed by atoms with Crippen LogP contribution in [0.1, 0.15) is 20.7 Å². The number of benzene rings is 2. The largest absolute Gasteiger partial charge is 0.489 e. The number of carbonyl (C=O) groups excluding carboxylic acids is 2. The maximum Gasteiger partial charge on any atom is 0.268 e. The Morgan fingerprint density at radius 2 is 1.39 bits per heavy atom. The van der Waals surface area contributed by atoms with E-state index >= 15 is 0 Å². The van der Waals surface area contributed by atoms with Gasteiger partial charge in [-0.25, -0.2) is 8.78 Å². The van der Waals surface area contributed by atoms with Crippen molar-refractivity contribution in [1.82, 2.24) is 0 Å². The van der Waals surface area contributed by atoms with Gasteiger partial charge in [0.25, 0.3) is 6.43 Å². The number of halogens is 2. The number of ether oxygens (including phenoxy) is 1. The Morgan fingerprint density at radius 3 is 2.00 bits per heavy atom. The zero-order chi connectivity index (χ0) is 16.4. The zero-order valence-electron chi connectivity index (χ0n) is 12.0. The zero-order valence-corrected chi connectivity index (χ0v) is 12.0. The van der Waals surface area contributed by atoms with Crippen molar-refractivity contribution in [3.05, 3.63) is 76.9 Å². The smallest absolute Gasteiger partial charge is 0.268 e. The van der Waals surface area contributed by atoms with Crippen LogP contribution in [-0.2, 0) is 0 Å². The molecule has 0 aromatic heterocycles. The van der Waals surface area contributed by atoms with Gasteiger partial charge in [-0.1, -0.05) is 42.5 Å². The van der Waals surface area contributed by atoms with E-state index in [2.05, 4.69) is 0 Å². The number of rotatable bonds is 4. The van der Waals surface area contributed by atoms with Gasteiger partial charge in [0.15, 0.2) is 11.6 Å². The summed E-state index contributed by atoms with van der Waals surface area (Å²) in [7, 11) is 0. The molecule has 116 valence electrons. The van der Waals surface area contributed by atoms with Crippen LogP contribution in [0.4, 0.5) is 8.78 Å². The van der Waals surface area contributed by atoms with Gasteiger partial charge in [0.1, 0.15) is 12.4 Å². The van der Waals surface area contributed by atoms with Gasteiger partial charge in [0.05, 0.1) is 11.1 Å². The number of carbonyl (C=O) groups is 2. The lowest BCUT2D eigenvalue weighted by Crippen LogP contribution is -2.28. The predicted molar refractivity (Wildman–Crippen MR) is 80.1 cm³/mol. The standard InChI is InChI=1S/C18H12F2O3/c19-18(20)15-14(10-23-11-6-2-1-3-7-11)16(21)12-8-4-5-9-13(12)17(15)22/h1-9,18H,10H2. The van der Waals surface area contributed by atoms with Crippen LogP contribution in [0.3, 0.4) is 0 Å². The number of allylic oxidation sites excluding steroid dienone is 1. The molecular weight excluding hydrogens is 302 g/mol. The van der Waals surface area contributed by atoms with Crippen LogP contribution >= 0.6 is 0 Å². The van der Waals surface area contributed by atoms with Crippen LogP contribution < -0.4 is 4.74 Å². The fraction of sp³-hybridized carbons (Fsp3) is 0.111. The highest BCUT2D eigenvalue weighted by Gasteiger charge is 2.36. The topological polar surface area (TPSA) is 43.4 Å². The van der Waals surface area contributed by atoms with E-state index in [9.17, 15) is 18.4 Å². The summed E-state index contributed by atoms with van der Waals surface area (Å²) in [5.74, 6) is -0.971. The molecule has 5 heteroatoms. The van der Waals surface area contributed by atoms with E-state index in [1.807, 2.05) is 0 Å². The molecule has 2 aromatic carbocycles. The molecular formula is C18H12F2O3. The third-order valence-electron chi connectivity index (χ3n) is 3.60. The lowest BCUT2D eigenvalue weighted by molar-refractivity contribution is 0.0910. The maximum absolute atomic E-state index is 13.3. The fourth-order valence-corrected chi connectivity index (χ4v) is 2.49. The van der Waals surface area contributed by atoms with Crippen LogP contribution in [0.25, 0.3) is 0 Å². The molecule has 0 aliphatic heterocycles. The average molecular weight is 314 g/mol. The lowest BCUT2D eigenvalue weighted by Gasteiger charge is -2.20. The number of Topliss-reactive ketones (excluding diaryl/α,β-unsaturated/α-hetero) is 2. The van der Waals surface area contributed by atoms with E-state index in [0.717, 1.165) is 0 Å². The number of hydrogen-bond donors (Lipinski definition) is 0. The van der Waals surface area contributed by atoms with Crippen LogP contribution in [0, 0.1) is 0 Å². The maximum atomic E-state index is 13.3. The third-order valence-corrected chi connectivity index (χ3v) is 3.60. The summed E-state index contributed by atoms with van der Waals surface area (Å²) in [6.45, 7) is -0.372. The highest BCUT2D eigenvalue weighted by Crippen LogP contribution is 2.30. The second-order valence-electron chi connectivity index (χ2n) is 5.00. The normalized spacial score (nSPS) is 14.2. The monoisotopic (exact) mass is 314 g/mol. The van der Waals surface area contributed by atoms with Gasteiger partial charge in [-0.3, -0.25) is 9.59 Å². The summed E-state index contributed by atoms with van der Waals surface area (Å²) < 4.78 is 32.1. The van der Waals surface area contributed by atoms with Gasteiger partial charge in [0.2, 0.25) is 0 Å². The summed E-state index contributed by atoms with van der Waals surface area (Å²) in [6.07, 6.45) is -3.03. The molecule has 3 nitrogen and oxygen atoms in total. The van der Waals surface area contributed by atoms with E-state index in [0.29, 0.717) is 5.75 Å². The van der Waals surface area contributed by atoms with E-state index in [1.165, 1.54) is 12.1 Å². The number of alkyl halides is 2. The van der Waals surface area contributed by atoms with Crippen molar-refractivity contribution in [1.29, 1.82) is 0 Å². The first-order valence-corrected chi connectivity index (χ1v) is 6.97. The summed E-state index contributed by atoms with van der Waals surface area (Å²) in [4.78, 5) is 24.8. The van der Waals surface area contributed by atoms with Crippen molar-refractivity contribution < 1.29 is 23.1 Å². The first-order valence-electron chi connectivity index (χ1n) is 6.97. The highest BCUT2D eigenvalue weighted by molar-refractivity contribution is 6.27. The highest BCUT2D eigenvalue weighted by atomic mass is 19.3. The van der Waals surface area contributed by atoms with Crippen molar-refractivity contribution in [3.63, 3.8) is 0 Å². The number of hydrogen-bond acceptors (Lipinski definition) is 3. The van der Waals surface area contributed by atoms with Crippen molar-refractivity contribution >= 4 is 11.6 Å². The van der Waals surface area contributed by atoms with E-state index < -0.39 is 23.6 Å². The summed E-state index contributed by atoms with van der Waals surface area (Å²) in [6, 6.07) is 14.5. The molecule has 0 N–H and O–H groups in total. The molecule has 1 aliphatic rings. The van der Waals surface area contributed by atoms with E-state index in [4.69, 9.17) is 4.74 Å². The molecule has 0 bridgehead atoms. The first-order chi connectivity index (χ1) is 11.1. The molecule has 2 aromatic rings. The summed E-state index contributed by atoms with van der Waals surface area (Å²) in [5, 5.41) is 0. The van der Waals surface area contributed by atoms with Gasteiger partial charge in [-0.2, -0.15) is 0 Å². The first kappa shape index (κ1) is 15.1. The lowest BCUT2D eigenvalue weighted by atomic mass is 9.84. The molecule has 0 heterocycles. The molecule has 0 fully saturated rings. The van der Waals surface area contributed by atoms with Crippen LogP contribution in [0.2, 0.25) is 0 Å². The van der Waals surface area contributed by atoms with E-state index in [1.54, 1.807) is 42.5 Å². The Kier molecular flexibility index (Phi) is 4.02. The molecule has 0 saturated heterocycles. The van der Waals surface area contributed by atoms with Crippen molar-refractivity contribution in [2.45, 2.75) is 6.43 Å². The molecule has 0 saturated carbocycles. The Bertz CT molecular complexity index is 795. The van der Waals surface area contributed by atoms with Crippen LogP contribution in [0.5, 0.6) is 5.75 Å². The molecule has 0 spiro atoms. The second kappa shape index (κ2) is 6.12. The third kappa shape index (κ3) is 2.77. The SMILES string of the molecule is O=C1C(COc2ccccc2)=C(C(F)F)C(=O)c2ccccc21. The van der Waals surface area contributed by atoms with Gasteiger partial charge in [-0.15, -0.1) is 0 Å². The quantitative estimate of drug-likeness (QED) is 0.864. The number of para-hydroxylation sites is 1. The number of ketones is 2. The molecule has 0 radical (unpaired) electrons. The van der Waals surface area contributed by atoms with Crippen molar-refractivity contribution in [3.8, 4) is 5.75 Å². The molecule has 3 rings (SSSR count). The molecule has 23 heavy (non-hydrogen) atoms. The van der Waals surface area contributed by atoms with Gasteiger partial charge < -0.3 is 4.74 Å². The minimum absolute atomic E-state index is 0.0104. The predicted octanol–water partition coefficient (Wildman–Crippen LogP) is 3.71. The minimum atomic E-state index is -3.03. The van der Waals surface area contributed by atoms with Crippen LogP contribution in [-0.4, -0.2) is 24.6 Å². The van der Waals surface area contributed by atoms with E-state index in [-0.39, 0.29) is 23.3 Å². The van der Waals surface area contributed by atoms with Gasteiger partial charge >= 0.3 is 0 Å². The Balaban J connectivity index is 1.99. The Hall–Kier alpha value is -2.82. The Morgan fingerprint density at radius 1 is 0.826 bits per heavy atom. The van der Waals surface area contributed by atoms with Gasteiger partial charge in [-0.05, 0) is 12.1 Å². The number of fused-ring (bicyclic) bond motifs is 1. The summed E-state index contributed by atoms with van der Waals surface area (Å²) >= 11 is 0. The van der Waals surface area contributed by atoms with Crippen LogP contribution in [0.15, 0.2) is 65.7 Å². The Labute approximate surface area is 131 Å². The molecule has 0 atom stereocenters. The van der Waals surface area contributed by atoms with Gasteiger partial charge in [0, 0.05) is 11.1 Å². The molecule has 0 unspecified atom stereocenters. The minimum Gasteiger partial charge on any atom is -0.489 e. The second-order valence-corrected chi connectivity index (χ2v) is 5.00. The molecule has 1 aliphatic carbocycles.